The Bertz CT molecular complexity index is 806. The highest BCUT2D eigenvalue weighted by Crippen LogP contribution is 2.41. The standard InChI is InChI=1S/C10H10N4O4S3/c11-9-7(14(15)16)3-8(20-9)21(17,18)13-10-12-6(4-19-10)5-1-2-5/h3-5H,1-2,11H2,(H,12,13). The fraction of sp³-hybridized carbons (Fsp3) is 0.300. The number of hydrogen-bond acceptors (Lipinski definition) is 8. The van der Waals surface area contributed by atoms with E-state index >= 15 is 0 Å². The maximum Gasteiger partial charge on any atom is 0.304 e. The number of rotatable bonds is 5. The van der Waals surface area contributed by atoms with Crippen molar-refractivity contribution in [3.8, 4) is 0 Å². The van der Waals surface area contributed by atoms with Crippen LogP contribution in [0.25, 0.3) is 0 Å². The molecule has 0 saturated heterocycles. The zero-order chi connectivity index (χ0) is 15.2. The third-order valence-electron chi connectivity index (χ3n) is 2.92. The summed E-state index contributed by atoms with van der Waals surface area (Å²) in [4.78, 5) is 14.2. The minimum atomic E-state index is -3.91. The zero-order valence-corrected chi connectivity index (χ0v) is 12.9. The van der Waals surface area contributed by atoms with Crippen LogP contribution in [0.2, 0.25) is 0 Å². The van der Waals surface area contributed by atoms with Gasteiger partial charge in [0.05, 0.1) is 10.6 Å². The molecule has 8 nitrogen and oxygen atoms in total. The van der Waals surface area contributed by atoms with Gasteiger partial charge in [0.2, 0.25) is 0 Å². The van der Waals surface area contributed by atoms with E-state index in [2.05, 4.69) is 9.71 Å². The normalized spacial score (nSPS) is 15.0. The van der Waals surface area contributed by atoms with Crippen molar-refractivity contribution in [2.75, 3.05) is 10.5 Å². The number of hydrogen-bond donors (Lipinski definition) is 2. The van der Waals surface area contributed by atoms with Gasteiger partial charge in [-0.1, -0.05) is 11.3 Å². The maximum atomic E-state index is 12.2. The molecular formula is C10H10N4O4S3. The molecule has 1 aliphatic carbocycles. The second-order valence-electron chi connectivity index (χ2n) is 4.53. The summed E-state index contributed by atoms with van der Waals surface area (Å²) in [5.41, 5.74) is 5.94. The number of nitrogens with one attached hydrogen (secondary N) is 1. The average Bonchev–Trinajstić information content (AvgIpc) is 3.01. The molecule has 1 saturated carbocycles. The topological polar surface area (TPSA) is 128 Å². The SMILES string of the molecule is Nc1sc(S(=O)(=O)Nc2nc(C3CC3)cs2)cc1[N+](=O)[O-]. The van der Waals surface area contributed by atoms with Gasteiger partial charge in [0.25, 0.3) is 10.0 Å². The van der Waals surface area contributed by atoms with Crippen molar-refractivity contribution < 1.29 is 13.3 Å². The van der Waals surface area contributed by atoms with Crippen LogP contribution in [0.15, 0.2) is 15.7 Å². The first kappa shape index (κ1) is 14.2. The fourth-order valence-corrected chi connectivity index (χ4v) is 4.97. The second kappa shape index (κ2) is 4.93. The Balaban J connectivity index is 1.85. The Morgan fingerprint density at radius 2 is 2.19 bits per heavy atom. The molecule has 2 heterocycles. The van der Waals surface area contributed by atoms with Gasteiger partial charge >= 0.3 is 5.69 Å². The Kier molecular flexibility index (Phi) is 3.34. The lowest BCUT2D eigenvalue weighted by Gasteiger charge is -2.01. The van der Waals surface area contributed by atoms with Gasteiger partial charge in [-0.2, -0.15) is 0 Å². The number of sulfonamides is 1. The molecule has 0 spiro atoms. The summed E-state index contributed by atoms with van der Waals surface area (Å²) in [6, 6.07) is 0.956. The van der Waals surface area contributed by atoms with E-state index < -0.39 is 20.6 Å². The fourth-order valence-electron chi connectivity index (χ4n) is 1.71. The highest BCUT2D eigenvalue weighted by atomic mass is 32.2. The van der Waals surface area contributed by atoms with Crippen LogP contribution < -0.4 is 10.5 Å². The van der Waals surface area contributed by atoms with Gasteiger partial charge in [-0.3, -0.25) is 14.8 Å². The van der Waals surface area contributed by atoms with Crippen LogP contribution in [-0.4, -0.2) is 18.3 Å². The lowest BCUT2D eigenvalue weighted by Crippen LogP contribution is -2.11. The zero-order valence-electron chi connectivity index (χ0n) is 10.5. The van der Waals surface area contributed by atoms with Crippen molar-refractivity contribution in [2.45, 2.75) is 23.0 Å². The largest absolute Gasteiger partial charge is 0.385 e. The van der Waals surface area contributed by atoms with Crippen LogP contribution in [0.3, 0.4) is 0 Å². The molecule has 0 amide bonds. The molecule has 0 atom stereocenters. The molecule has 1 fully saturated rings. The number of anilines is 2. The van der Waals surface area contributed by atoms with E-state index in [1.54, 1.807) is 0 Å². The highest BCUT2D eigenvalue weighted by Gasteiger charge is 2.28. The molecule has 0 bridgehead atoms. The van der Waals surface area contributed by atoms with Crippen LogP contribution in [0.1, 0.15) is 24.5 Å². The van der Waals surface area contributed by atoms with Crippen molar-refractivity contribution in [3.63, 3.8) is 0 Å². The molecule has 3 N–H and O–H groups in total. The Morgan fingerprint density at radius 3 is 2.76 bits per heavy atom. The summed E-state index contributed by atoms with van der Waals surface area (Å²) >= 11 is 1.85. The summed E-state index contributed by atoms with van der Waals surface area (Å²) in [6.45, 7) is 0. The minimum absolute atomic E-state index is 0.141. The maximum absolute atomic E-state index is 12.2. The second-order valence-corrected chi connectivity index (χ2v) is 8.38. The quantitative estimate of drug-likeness (QED) is 0.632. The van der Waals surface area contributed by atoms with Gasteiger partial charge in [-0.05, 0) is 12.8 Å². The molecule has 0 aliphatic heterocycles. The van der Waals surface area contributed by atoms with E-state index in [0.717, 1.165) is 24.6 Å². The summed E-state index contributed by atoms with van der Waals surface area (Å²) in [7, 11) is -3.91. The number of thiazole rings is 1. The molecule has 1 aliphatic rings. The minimum Gasteiger partial charge on any atom is -0.385 e. The molecule has 0 radical (unpaired) electrons. The molecule has 2 aromatic heterocycles. The average molecular weight is 346 g/mol. The van der Waals surface area contributed by atoms with Crippen molar-refractivity contribution in [1.29, 1.82) is 0 Å². The molecular weight excluding hydrogens is 336 g/mol. The Morgan fingerprint density at radius 1 is 1.48 bits per heavy atom. The molecule has 0 aromatic carbocycles. The molecule has 112 valence electrons. The van der Waals surface area contributed by atoms with Crippen LogP contribution in [0, 0.1) is 10.1 Å². The van der Waals surface area contributed by atoms with E-state index in [1.165, 1.54) is 11.3 Å². The summed E-state index contributed by atoms with van der Waals surface area (Å²) in [6.07, 6.45) is 2.15. The first-order chi connectivity index (χ1) is 9.87. The van der Waals surface area contributed by atoms with Crippen LogP contribution in [0.5, 0.6) is 0 Å². The van der Waals surface area contributed by atoms with Crippen molar-refractivity contribution in [1.82, 2.24) is 4.98 Å². The van der Waals surface area contributed by atoms with Crippen molar-refractivity contribution in [3.05, 3.63) is 27.3 Å². The Labute approximate surface area is 127 Å². The predicted octanol–water partition coefficient (Wildman–Crippen LogP) is 2.37. The van der Waals surface area contributed by atoms with E-state index in [0.29, 0.717) is 17.3 Å². The van der Waals surface area contributed by atoms with Gasteiger partial charge < -0.3 is 5.73 Å². The summed E-state index contributed by atoms with van der Waals surface area (Å²) in [5, 5.41) is 12.6. The monoisotopic (exact) mass is 346 g/mol. The third-order valence-corrected chi connectivity index (χ3v) is 6.59. The third kappa shape index (κ3) is 2.84. The van der Waals surface area contributed by atoms with Crippen molar-refractivity contribution in [2.24, 2.45) is 0 Å². The lowest BCUT2D eigenvalue weighted by atomic mass is 10.3. The van der Waals surface area contributed by atoms with Crippen molar-refractivity contribution >= 4 is 48.5 Å². The first-order valence-electron chi connectivity index (χ1n) is 5.89. The Hall–Kier alpha value is -1.72. The number of nitrogen functional groups attached to an aromatic ring is 1. The number of nitrogens with zero attached hydrogens (tertiary/aromatic N) is 2. The van der Waals surface area contributed by atoms with Gasteiger partial charge in [0, 0.05) is 17.4 Å². The molecule has 21 heavy (non-hydrogen) atoms. The van der Waals surface area contributed by atoms with Crippen LogP contribution in [0.4, 0.5) is 15.8 Å². The van der Waals surface area contributed by atoms with E-state index in [4.69, 9.17) is 5.73 Å². The molecule has 2 aromatic rings. The van der Waals surface area contributed by atoms with E-state index in [1.807, 2.05) is 5.38 Å². The predicted molar refractivity (Wildman–Crippen MR) is 80.3 cm³/mol. The number of nitro groups is 1. The van der Waals surface area contributed by atoms with Gasteiger partial charge in [-0.25, -0.2) is 13.4 Å². The van der Waals surface area contributed by atoms with Crippen LogP contribution >= 0.6 is 22.7 Å². The van der Waals surface area contributed by atoms with E-state index in [9.17, 15) is 18.5 Å². The molecule has 0 unspecified atom stereocenters. The molecule has 3 rings (SSSR count). The van der Waals surface area contributed by atoms with Crippen LogP contribution in [-0.2, 0) is 10.0 Å². The number of thiophene rings is 1. The van der Waals surface area contributed by atoms with Gasteiger partial charge in [0.15, 0.2) is 10.1 Å². The highest BCUT2D eigenvalue weighted by molar-refractivity contribution is 7.95. The smallest absolute Gasteiger partial charge is 0.304 e. The number of nitrogens with two attached hydrogens (primary N) is 1. The van der Waals surface area contributed by atoms with E-state index in [-0.39, 0.29) is 14.3 Å². The first-order valence-corrected chi connectivity index (χ1v) is 9.06. The lowest BCUT2D eigenvalue weighted by molar-refractivity contribution is -0.383. The summed E-state index contributed by atoms with van der Waals surface area (Å²) < 4.78 is 26.5. The van der Waals surface area contributed by atoms with Gasteiger partial charge in [0.1, 0.15) is 4.21 Å². The number of aromatic nitrogens is 1. The molecule has 11 heteroatoms. The van der Waals surface area contributed by atoms with Gasteiger partial charge in [-0.15, -0.1) is 11.3 Å². The summed E-state index contributed by atoms with van der Waals surface area (Å²) in [5.74, 6) is 0.429.